The Hall–Kier alpha value is -1.02. The van der Waals surface area contributed by atoms with Gasteiger partial charge in [-0.3, -0.25) is 0 Å². The molecule has 2 aromatic rings. The number of nitrogens with zero attached hydrogens (tertiary/aromatic N) is 1. The van der Waals surface area contributed by atoms with Gasteiger partial charge in [0.1, 0.15) is 4.99 Å². The fourth-order valence-corrected chi connectivity index (χ4v) is 2.48. The van der Waals surface area contributed by atoms with Crippen molar-refractivity contribution in [2.75, 3.05) is 0 Å². The molecule has 0 atom stereocenters. The molecule has 2 nitrogen and oxygen atoms in total. The summed E-state index contributed by atoms with van der Waals surface area (Å²) in [7, 11) is 0. The van der Waals surface area contributed by atoms with Crippen LogP contribution in [0.1, 0.15) is 11.1 Å². The lowest BCUT2D eigenvalue weighted by Crippen LogP contribution is -2.08. The molecule has 0 bridgehead atoms. The Kier molecular flexibility index (Phi) is 7.24. The number of rotatable bonds is 1. The minimum absolute atomic E-state index is 0.300. The van der Waals surface area contributed by atoms with Gasteiger partial charge in [0.25, 0.3) is 0 Å². The van der Waals surface area contributed by atoms with Gasteiger partial charge >= 0.3 is 0 Å². The summed E-state index contributed by atoms with van der Waals surface area (Å²) in [6.07, 6.45) is 0. The molecule has 0 aliphatic heterocycles. The summed E-state index contributed by atoms with van der Waals surface area (Å²) in [5, 5.41) is 10.5. The third kappa shape index (κ3) is 6.52. The van der Waals surface area contributed by atoms with Crippen LogP contribution in [-0.4, -0.2) is 4.99 Å². The third-order valence-corrected chi connectivity index (χ3v) is 3.25. The number of hydrogen-bond donors (Lipinski definition) is 1. The molecular formula is C14H8Cl4N2S. The molecule has 0 aromatic heterocycles. The van der Waals surface area contributed by atoms with Crippen LogP contribution in [0.3, 0.4) is 0 Å². The first-order chi connectivity index (χ1) is 9.81. The quantitative estimate of drug-likeness (QED) is 0.668. The summed E-state index contributed by atoms with van der Waals surface area (Å²) in [5.41, 5.74) is 6.54. The minimum atomic E-state index is 0.300. The molecule has 2 rings (SSSR count). The standard InChI is InChI=1S/C7H5Cl2NS.C7H3Cl2N/c8-5-1-4(7(10)11)2-6(9)3-5;8-6-1-5(4-10)2-7(9)3-6/h1-3H,(H2,10,11);1-3H. The number of benzene rings is 2. The van der Waals surface area contributed by atoms with Crippen molar-refractivity contribution in [1.29, 1.82) is 5.26 Å². The first kappa shape index (κ1) is 18.0. The van der Waals surface area contributed by atoms with Crippen LogP contribution < -0.4 is 5.73 Å². The average molecular weight is 378 g/mol. The maximum atomic E-state index is 8.42. The molecule has 0 aliphatic rings. The molecule has 7 heteroatoms. The largest absolute Gasteiger partial charge is 0.389 e. The van der Waals surface area contributed by atoms with E-state index in [-0.39, 0.29) is 0 Å². The fourth-order valence-electron chi connectivity index (χ4n) is 1.31. The van der Waals surface area contributed by atoms with E-state index >= 15 is 0 Å². The monoisotopic (exact) mass is 376 g/mol. The highest BCUT2D eigenvalue weighted by atomic mass is 35.5. The highest BCUT2D eigenvalue weighted by Crippen LogP contribution is 2.19. The number of nitriles is 1. The van der Waals surface area contributed by atoms with Crippen LogP contribution in [0, 0.1) is 11.3 Å². The van der Waals surface area contributed by atoms with Crippen molar-refractivity contribution >= 4 is 63.6 Å². The first-order valence-corrected chi connectivity index (χ1v) is 7.36. The summed E-state index contributed by atoms with van der Waals surface area (Å²) in [6, 6.07) is 11.6. The average Bonchev–Trinajstić information content (AvgIpc) is 2.37. The molecule has 0 unspecified atom stereocenters. The minimum Gasteiger partial charge on any atom is -0.389 e. The van der Waals surface area contributed by atoms with E-state index in [1.54, 1.807) is 36.4 Å². The van der Waals surface area contributed by atoms with E-state index in [1.165, 1.54) is 0 Å². The molecule has 0 heterocycles. The van der Waals surface area contributed by atoms with Gasteiger partial charge in [-0.2, -0.15) is 5.26 Å². The Morgan fingerprint density at radius 1 is 0.857 bits per heavy atom. The maximum Gasteiger partial charge on any atom is 0.104 e. The van der Waals surface area contributed by atoms with Gasteiger partial charge in [-0.05, 0) is 36.4 Å². The Bertz CT molecular complexity index is 670. The summed E-state index contributed by atoms with van der Waals surface area (Å²) < 4.78 is 0. The van der Waals surface area contributed by atoms with Gasteiger partial charge in [0, 0.05) is 25.7 Å². The van der Waals surface area contributed by atoms with Crippen molar-refractivity contribution in [3.05, 3.63) is 67.6 Å². The second kappa shape index (κ2) is 8.43. The Morgan fingerprint density at radius 3 is 1.57 bits per heavy atom. The van der Waals surface area contributed by atoms with Crippen LogP contribution in [0.5, 0.6) is 0 Å². The topological polar surface area (TPSA) is 49.8 Å². The normalized spacial score (nSPS) is 9.29. The predicted octanol–water partition coefficient (Wildman–Crippen LogP) is 5.49. The fraction of sp³-hybridized carbons (Fsp3) is 0. The van der Waals surface area contributed by atoms with E-state index in [1.807, 2.05) is 6.07 Å². The van der Waals surface area contributed by atoms with Gasteiger partial charge in [-0.15, -0.1) is 0 Å². The van der Waals surface area contributed by atoms with E-state index in [0.717, 1.165) is 0 Å². The molecule has 0 amide bonds. The summed E-state index contributed by atoms with van der Waals surface area (Å²) in [6.45, 7) is 0. The van der Waals surface area contributed by atoms with Crippen LogP contribution in [0.4, 0.5) is 0 Å². The maximum absolute atomic E-state index is 8.42. The number of hydrogen-bond acceptors (Lipinski definition) is 2. The summed E-state index contributed by atoms with van der Waals surface area (Å²) >= 11 is 27.3. The molecule has 21 heavy (non-hydrogen) atoms. The molecule has 2 N–H and O–H groups in total. The zero-order chi connectivity index (χ0) is 16.0. The molecule has 0 saturated carbocycles. The van der Waals surface area contributed by atoms with E-state index in [2.05, 4.69) is 0 Å². The van der Waals surface area contributed by atoms with Crippen LogP contribution in [-0.2, 0) is 0 Å². The highest BCUT2D eigenvalue weighted by Gasteiger charge is 1.99. The van der Waals surface area contributed by atoms with Gasteiger partial charge in [0.15, 0.2) is 0 Å². The second-order valence-electron chi connectivity index (χ2n) is 3.79. The molecule has 0 saturated heterocycles. The number of halogens is 4. The lowest BCUT2D eigenvalue weighted by molar-refractivity contribution is 1.48. The molecule has 108 valence electrons. The number of thiocarbonyl (C=S) groups is 1. The van der Waals surface area contributed by atoms with Gasteiger partial charge < -0.3 is 5.73 Å². The van der Waals surface area contributed by atoms with Crippen LogP contribution >= 0.6 is 58.6 Å². The number of nitrogens with two attached hydrogens (primary N) is 1. The van der Waals surface area contributed by atoms with E-state index < -0.39 is 0 Å². The Labute approximate surface area is 148 Å². The molecule has 0 fully saturated rings. The second-order valence-corrected chi connectivity index (χ2v) is 5.98. The van der Waals surface area contributed by atoms with Crippen molar-refractivity contribution in [3.8, 4) is 6.07 Å². The van der Waals surface area contributed by atoms with E-state index in [0.29, 0.717) is 36.2 Å². The summed E-state index contributed by atoms with van der Waals surface area (Å²) in [4.78, 5) is 0.300. The molecule has 0 radical (unpaired) electrons. The molecular weight excluding hydrogens is 370 g/mol. The van der Waals surface area contributed by atoms with Crippen LogP contribution in [0.15, 0.2) is 36.4 Å². The van der Waals surface area contributed by atoms with Crippen molar-refractivity contribution in [2.45, 2.75) is 0 Å². The smallest absolute Gasteiger partial charge is 0.104 e. The predicted molar refractivity (Wildman–Crippen MR) is 93.5 cm³/mol. The van der Waals surface area contributed by atoms with E-state index in [4.69, 9.17) is 69.6 Å². The SMILES string of the molecule is N#Cc1cc(Cl)cc(Cl)c1.NC(=S)c1cc(Cl)cc(Cl)c1. The van der Waals surface area contributed by atoms with Crippen molar-refractivity contribution in [1.82, 2.24) is 0 Å². The Morgan fingerprint density at radius 2 is 1.24 bits per heavy atom. The van der Waals surface area contributed by atoms with Crippen molar-refractivity contribution in [3.63, 3.8) is 0 Å². The van der Waals surface area contributed by atoms with E-state index in [9.17, 15) is 0 Å². The van der Waals surface area contributed by atoms with Gasteiger partial charge in [0.2, 0.25) is 0 Å². The van der Waals surface area contributed by atoms with Gasteiger partial charge in [0.05, 0.1) is 11.6 Å². The third-order valence-electron chi connectivity index (χ3n) is 2.14. The van der Waals surface area contributed by atoms with Crippen molar-refractivity contribution in [2.24, 2.45) is 5.73 Å². The molecule has 0 aliphatic carbocycles. The molecule has 2 aromatic carbocycles. The highest BCUT2D eigenvalue weighted by molar-refractivity contribution is 7.80. The summed E-state index contributed by atoms with van der Waals surface area (Å²) in [5.74, 6) is 0. The first-order valence-electron chi connectivity index (χ1n) is 5.44. The zero-order valence-electron chi connectivity index (χ0n) is 10.4. The van der Waals surface area contributed by atoms with Crippen LogP contribution in [0.25, 0.3) is 0 Å². The van der Waals surface area contributed by atoms with Crippen LogP contribution in [0.2, 0.25) is 20.1 Å². The molecule has 0 spiro atoms. The lowest BCUT2D eigenvalue weighted by Gasteiger charge is -1.98. The van der Waals surface area contributed by atoms with Crippen molar-refractivity contribution < 1.29 is 0 Å². The Balaban J connectivity index is 0.000000211. The van der Waals surface area contributed by atoms with Gasteiger partial charge in [-0.1, -0.05) is 58.6 Å². The lowest BCUT2D eigenvalue weighted by atomic mass is 10.2. The van der Waals surface area contributed by atoms with Gasteiger partial charge in [-0.25, -0.2) is 0 Å². The zero-order valence-corrected chi connectivity index (χ0v) is 14.2.